The number of hydrogen-bond acceptors (Lipinski definition) is 3. The Morgan fingerprint density at radius 3 is 2.25 bits per heavy atom. The summed E-state index contributed by atoms with van der Waals surface area (Å²) in [5.74, 6) is -3.33. The van der Waals surface area contributed by atoms with E-state index in [1.54, 1.807) is 20.8 Å². The van der Waals surface area contributed by atoms with Gasteiger partial charge in [-0.3, -0.25) is 4.79 Å². The highest BCUT2D eigenvalue weighted by atomic mass is 19.3. The molecule has 0 amide bonds. The van der Waals surface area contributed by atoms with E-state index in [0.29, 0.717) is 0 Å². The molecule has 0 heterocycles. The van der Waals surface area contributed by atoms with Crippen molar-refractivity contribution in [1.82, 2.24) is 0 Å². The molecule has 0 aromatic carbocycles. The lowest BCUT2D eigenvalue weighted by Gasteiger charge is -2.22. The van der Waals surface area contributed by atoms with Crippen LogP contribution in [0, 0.1) is 5.41 Å². The Morgan fingerprint density at radius 1 is 1.44 bits per heavy atom. The predicted octanol–water partition coefficient (Wildman–Crippen LogP) is 2.09. The molecule has 0 saturated heterocycles. The lowest BCUT2D eigenvalue weighted by Crippen LogP contribution is -2.28. The number of carbonyl (C=O) groups is 1. The van der Waals surface area contributed by atoms with Crippen LogP contribution in [0.3, 0.4) is 0 Å². The van der Waals surface area contributed by atoms with Crippen LogP contribution in [0.15, 0.2) is 0 Å². The molecule has 1 rings (SSSR count). The first kappa shape index (κ1) is 13.4. The average molecular weight is 235 g/mol. The van der Waals surface area contributed by atoms with Crippen molar-refractivity contribution in [3.8, 4) is 0 Å². The molecular formula is C11H19F2NO2. The molecule has 1 atom stereocenters. The zero-order valence-corrected chi connectivity index (χ0v) is 9.98. The summed E-state index contributed by atoms with van der Waals surface area (Å²) in [7, 11) is 0. The van der Waals surface area contributed by atoms with E-state index in [4.69, 9.17) is 10.5 Å². The topological polar surface area (TPSA) is 52.3 Å². The van der Waals surface area contributed by atoms with Crippen molar-refractivity contribution in [3.05, 3.63) is 0 Å². The molecular weight excluding hydrogens is 216 g/mol. The van der Waals surface area contributed by atoms with Crippen LogP contribution < -0.4 is 5.73 Å². The number of nitrogens with two attached hydrogens (primary N) is 1. The fourth-order valence-corrected chi connectivity index (χ4v) is 1.86. The van der Waals surface area contributed by atoms with Gasteiger partial charge >= 0.3 is 5.97 Å². The first-order valence-corrected chi connectivity index (χ1v) is 5.42. The van der Waals surface area contributed by atoms with Gasteiger partial charge in [0.15, 0.2) is 0 Å². The van der Waals surface area contributed by atoms with E-state index in [2.05, 4.69) is 0 Å². The van der Waals surface area contributed by atoms with E-state index in [1.807, 2.05) is 0 Å². The van der Waals surface area contributed by atoms with Gasteiger partial charge in [-0.05, 0) is 33.7 Å². The molecule has 0 aliphatic heterocycles. The lowest BCUT2D eigenvalue weighted by molar-refractivity contribution is -0.157. The fraction of sp³-hybridized carbons (Fsp3) is 0.909. The maximum atomic E-state index is 13.2. The normalized spacial score (nSPS) is 27.6. The third-order valence-corrected chi connectivity index (χ3v) is 2.74. The lowest BCUT2D eigenvalue weighted by atomic mass is 9.97. The number of halogens is 2. The molecule has 0 radical (unpaired) electrons. The molecule has 1 aliphatic carbocycles. The molecule has 1 saturated carbocycles. The Hall–Kier alpha value is -0.710. The van der Waals surface area contributed by atoms with E-state index >= 15 is 0 Å². The van der Waals surface area contributed by atoms with Crippen molar-refractivity contribution in [2.45, 2.75) is 51.6 Å². The van der Waals surface area contributed by atoms with Gasteiger partial charge in [-0.25, -0.2) is 8.78 Å². The summed E-state index contributed by atoms with van der Waals surface area (Å²) in [4.78, 5) is 11.5. The van der Waals surface area contributed by atoms with Gasteiger partial charge in [-0.2, -0.15) is 0 Å². The Labute approximate surface area is 94.3 Å². The number of esters is 1. The number of carbonyl (C=O) groups excluding carboxylic acids is 1. The molecule has 0 aromatic heterocycles. The van der Waals surface area contributed by atoms with Gasteiger partial charge in [0.2, 0.25) is 0 Å². The van der Waals surface area contributed by atoms with Gasteiger partial charge in [0.05, 0.1) is 11.8 Å². The summed E-state index contributed by atoms with van der Waals surface area (Å²) >= 11 is 0. The first-order valence-electron chi connectivity index (χ1n) is 5.42. The van der Waals surface area contributed by atoms with Gasteiger partial charge < -0.3 is 10.5 Å². The molecule has 2 N–H and O–H groups in total. The minimum Gasteiger partial charge on any atom is -0.460 e. The van der Waals surface area contributed by atoms with Gasteiger partial charge in [-0.15, -0.1) is 0 Å². The molecule has 0 bridgehead atoms. The summed E-state index contributed by atoms with van der Waals surface area (Å²) in [6.45, 7) is 5.31. The van der Waals surface area contributed by atoms with E-state index < -0.39 is 22.9 Å². The van der Waals surface area contributed by atoms with Crippen LogP contribution in [0.4, 0.5) is 8.78 Å². The SMILES string of the molecule is CC(C)(C)OC(=O)CC1(CCN)CC1(F)F. The first-order chi connectivity index (χ1) is 7.12. The summed E-state index contributed by atoms with van der Waals surface area (Å²) in [5.41, 5.74) is 3.41. The maximum Gasteiger partial charge on any atom is 0.307 e. The highest BCUT2D eigenvalue weighted by molar-refractivity contribution is 5.71. The van der Waals surface area contributed by atoms with Crippen molar-refractivity contribution in [2.75, 3.05) is 6.54 Å². The predicted molar refractivity (Wildman–Crippen MR) is 56.1 cm³/mol. The third kappa shape index (κ3) is 2.90. The maximum absolute atomic E-state index is 13.2. The smallest absolute Gasteiger partial charge is 0.307 e. The highest BCUT2D eigenvalue weighted by Crippen LogP contribution is 2.64. The largest absolute Gasteiger partial charge is 0.460 e. The summed E-state index contributed by atoms with van der Waals surface area (Å²) < 4.78 is 31.4. The third-order valence-electron chi connectivity index (χ3n) is 2.74. The van der Waals surface area contributed by atoms with Gasteiger partial charge in [0.25, 0.3) is 5.92 Å². The molecule has 5 heteroatoms. The molecule has 0 aromatic rings. The molecule has 16 heavy (non-hydrogen) atoms. The van der Waals surface area contributed by atoms with Gasteiger partial charge in [-0.1, -0.05) is 0 Å². The quantitative estimate of drug-likeness (QED) is 0.759. The molecule has 1 fully saturated rings. The van der Waals surface area contributed by atoms with Crippen LogP contribution in [0.2, 0.25) is 0 Å². The molecule has 0 spiro atoms. The Balaban J connectivity index is 2.56. The van der Waals surface area contributed by atoms with E-state index in [9.17, 15) is 13.6 Å². The standard InChI is InChI=1S/C11H19F2NO2/c1-9(2,3)16-8(15)6-10(4-5-14)7-11(10,12)13/h4-7,14H2,1-3H3. The fourth-order valence-electron chi connectivity index (χ4n) is 1.86. The summed E-state index contributed by atoms with van der Waals surface area (Å²) in [6.07, 6.45) is -0.329. The van der Waals surface area contributed by atoms with Crippen molar-refractivity contribution < 1.29 is 18.3 Å². The Bertz CT molecular complexity index is 286. The van der Waals surface area contributed by atoms with Gasteiger partial charge in [0, 0.05) is 6.42 Å². The molecule has 1 aliphatic rings. The molecule has 1 unspecified atom stereocenters. The van der Waals surface area contributed by atoms with Crippen LogP contribution in [-0.2, 0) is 9.53 Å². The Kier molecular flexibility index (Phi) is 3.29. The number of rotatable bonds is 4. The van der Waals surface area contributed by atoms with Crippen molar-refractivity contribution in [2.24, 2.45) is 11.1 Å². The zero-order chi connectivity index (χ0) is 12.6. The Morgan fingerprint density at radius 2 is 1.94 bits per heavy atom. The average Bonchev–Trinajstić information content (AvgIpc) is 2.47. The highest BCUT2D eigenvalue weighted by Gasteiger charge is 2.70. The van der Waals surface area contributed by atoms with E-state index in [0.717, 1.165) is 0 Å². The summed E-state index contributed by atoms with van der Waals surface area (Å²) in [5, 5.41) is 0. The van der Waals surface area contributed by atoms with Crippen LogP contribution in [0.1, 0.15) is 40.0 Å². The van der Waals surface area contributed by atoms with E-state index in [-0.39, 0.29) is 25.8 Å². The molecule has 94 valence electrons. The van der Waals surface area contributed by atoms with Crippen molar-refractivity contribution in [3.63, 3.8) is 0 Å². The molecule has 3 nitrogen and oxygen atoms in total. The van der Waals surface area contributed by atoms with Crippen molar-refractivity contribution >= 4 is 5.97 Å². The van der Waals surface area contributed by atoms with Gasteiger partial charge in [0.1, 0.15) is 5.60 Å². The van der Waals surface area contributed by atoms with Crippen LogP contribution >= 0.6 is 0 Å². The second kappa shape index (κ2) is 3.95. The van der Waals surface area contributed by atoms with Crippen LogP contribution in [0.5, 0.6) is 0 Å². The second-order valence-corrected chi connectivity index (χ2v) is 5.46. The van der Waals surface area contributed by atoms with E-state index in [1.165, 1.54) is 0 Å². The zero-order valence-electron chi connectivity index (χ0n) is 9.98. The van der Waals surface area contributed by atoms with Crippen LogP contribution in [-0.4, -0.2) is 24.0 Å². The second-order valence-electron chi connectivity index (χ2n) is 5.46. The monoisotopic (exact) mass is 235 g/mol. The number of ether oxygens (including phenoxy) is 1. The summed E-state index contributed by atoms with van der Waals surface area (Å²) in [6, 6.07) is 0. The number of hydrogen-bond donors (Lipinski definition) is 1. The minimum atomic E-state index is -2.76. The van der Waals surface area contributed by atoms with Crippen molar-refractivity contribution in [1.29, 1.82) is 0 Å². The van der Waals surface area contributed by atoms with Crippen LogP contribution in [0.25, 0.3) is 0 Å². The number of alkyl halides is 2. The minimum absolute atomic E-state index is 0.165.